The molecule has 0 spiro atoms. The van der Waals surface area contributed by atoms with E-state index in [1.807, 2.05) is 0 Å². The molecule has 0 bridgehead atoms. The van der Waals surface area contributed by atoms with Gasteiger partial charge in [0.25, 0.3) is 0 Å². The lowest BCUT2D eigenvalue weighted by Gasteiger charge is -2.25. The molecule has 0 saturated heterocycles. The summed E-state index contributed by atoms with van der Waals surface area (Å²) in [5.74, 6) is 1.85. The van der Waals surface area contributed by atoms with E-state index in [9.17, 15) is 0 Å². The zero-order valence-corrected chi connectivity index (χ0v) is 28.3. The van der Waals surface area contributed by atoms with Crippen LogP contribution in [-0.4, -0.2) is 38.0 Å². The first-order chi connectivity index (χ1) is 21.5. The van der Waals surface area contributed by atoms with Gasteiger partial charge in [0.1, 0.15) is 18.6 Å². The zero-order chi connectivity index (χ0) is 31.9. The fourth-order valence-electron chi connectivity index (χ4n) is 7.38. The normalized spacial score (nSPS) is 20.4. The Morgan fingerprint density at radius 1 is 0.844 bits per heavy atom. The monoisotopic (exact) mass is 598 g/mol. The van der Waals surface area contributed by atoms with E-state index in [2.05, 4.69) is 167 Å². The maximum atomic E-state index is 6.84. The lowest BCUT2D eigenvalue weighted by Crippen LogP contribution is -2.26. The van der Waals surface area contributed by atoms with Gasteiger partial charge in [0, 0.05) is 60.8 Å². The number of fused-ring (bicyclic) bond motifs is 2. The summed E-state index contributed by atoms with van der Waals surface area (Å²) in [7, 11) is 6.49. The van der Waals surface area contributed by atoms with Crippen LogP contribution in [0, 0.1) is 0 Å². The van der Waals surface area contributed by atoms with Crippen LogP contribution in [0.3, 0.4) is 0 Å². The van der Waals surface area contributed by atoms with Crippen molar-refractivity contribution in [3.8, 4) is 5.75 Å². The smallest absolute Gasteiger partial charge is 0.209 e. The third-order valence-electron chi connectivity index (χ3n) is 10.2. The van der Waals surface area contributed by atoms with Crippen LogP contribution >= 0.6 is 0 Å². The molecule has 2 heterocycles. The number of anilines is 2. The SMILES string of the molecule is CCN(C)c1ccc(OC2=C(/C=C/C3=[N+](C)c4ccccc4C3(C)C)CCC/C2=C\C=C2\N(C)c3ccccc3C2(C)C)cc1. The van der Waals surface area contributed by atoms with Crippen molar-refractivity contribution in [2.45, 2.75) is 64.7 Å². The van der Waals surface area contributed by atoms with E-state index in [1.165, 1.54) is 50.7 Å². The molecule has 3 aromatic carbocycles. The first-order valence-electron chi connectivity index (χ1n) is 16.4. The Labute approximate surface area is 270 Å². The molecule has 232 valence electrons. The van der Waals surface area contributed by atoms with Gasteiger partial charge in [0.2, 0.25) is 5.69 Å². The molecule has 0 amide bonds. The highest BCUT2D eigenvalue weighted by atomic mass is 16.5. The molecule has 0 aromatic heterocycles. The van der Waals surface area contributed by atoms with Gasteiger partial charge in [-0.1, -0.05) is 56.3 Å². The van der Waals surface area contributed by atoms with Gasteiger partial charge in [0.15, 0.2) is 5.71 Å². The zero-order valence-electron chi connectivity index (χ0n) is 28.3. The summed E-state index contributed by atoms with van der Waals surface area (Å²) in [5.41, 5.74) is 11.4. The summed E-state index contributed by atoms with van der Waals surface area (Å²) in [5, 5.41) is 0. The molecule has 0 N–H and O–H groups in total. The van der Waals surface area contributed by atoms with Crippen LogP contribution in [0.2, 0.25) is 0 Å². The molecule has 6 rings (SSSR count). The average Bonchev–Trinajstić information content (AvgIpc) is 3.36. The van der Waals surface area contributed by atoms with E-state index in [4.69, 9.17) is 4.74 Å². The largest absolute Gasteiger partial charge is 0.457 e. The van der Waals surface area contributed by atoms with Crippen molar-refractivity contribution in [2.24, 2.45) is 0 Å². The summed E-state index contributed by atoms with van der Waals surface area (Å²) in [6.45, 7) is 12.4. The van der Waals surface area contributed by atoms with Crippen LogP contribution in [0.4, 0.5) is 17.1 Å². The van der Waals surface area contributed by atoms with Gasteiger partial charge in [-0.15, -0.1) is 0 Å². The third kappa shape index (κ3) is 5.45. The Morgan fingerprint density at radius 3 is 2.22 bits per heavy atom. The average molecular weight is 599 g/mol. The van der Waals surface area contributed by atoms with Gasteiger partial charge in [-0.3, -0.25) is 0 Å². The molecule has 0 fully saturated rings. The second-order valence-corrected chi connectivity index (χ2v) is 13.7. The Morgan fingerprint density at radius 2 is 1.53 bits per heavy atom. The number of para-hydroxylation sites is 2. The molecule has 3 aliphatic rings. The maximum absolute atomic E-state index is 6.84. The van der Waals surface area contributed by atoms with Crippen LogP contribution in [0.25, 0.3) is 0 Å². The van der Waals surface area contributed by atoms with Crippen molar-refractivity contribution in [1.29, 1.82) is 0 Å². The fraction of sp³-hybridized carbons (Fsp3) is 0.341. The summed E-state index contributed by atoms with van der Waals surface area (Å²) < 4.78 is 9.18. The van der Waals surface area contributed by atoms with Gasteiger partial charge in [-0.2, -0.15) is 4.58 Å². The highest BCUT2D eigenvalue weighted by Gasteiger charge is 2.42. The number of rotatable bonds is 7. The molecule has 2 aliphatic heterocycles. The Bertz CT molecular complexity index is 1760. The number of hydrogen-bond acceptors (Lipinski definition) is 3. The standard InChI is InChI=1S/C41H48N3O/c1-9-42(6)31-23-25-32(26-24-31)45-39-29(21-27-37-40(2,3)33-17-10-12-19-35(33)43(37)7)15-14-16-30(39)22-28-38-41(4,5)34-18-11-13-20-36(34)44(38)8/h10-13,17-28H,9,14-16H2,1-8H3/q+1. The summed E-state index contributed by atoms with van der Waals surface area (Å²) >= 11 is 0. The van der Waals surface area contributed by atoms with Crippen molar-refractivity contribution in [1.82, 2.24) is 0 Å². The first-order valence-corrected chi connectivity index (χ1v) is 16.4. The van der Waals surface area contributed by atoms with Gasteiger partial charge < -0.3 is 14.5 Å². The first kappa shape index (κ1) is 30.7. The van der Waals surface area contributed by atoms with Crippen LogP contribution in [0.1, 0.15) is 65.0 Å². The van der Waals surface area contributed by atoms with Gasteiger partial charge in [-0.25, -0.2) is 0 Å². The van der Waals surface area contributed by atoms with E-state index in [0.717, 1.165) is 37.3 Å². The number of likely N-dealkylation sites (N-methyl/N-ethyl adjacent to an activating group) is 1. The lowest BCUT2D eigenvalue weighted by atomic mass is 9.81. The van der Waals surface area contributed by atoms with Gasteiger partial charge >= 0.3 is 0 Å². The van der Waals surface area contributed by atoms with E-state index < -0.39 is 0 Å². The molecule has 4 heteroatoms. The van der Waals surface area contributed by atoms with E-state index in [0.29, 0.717) is 0 Å². The second kappa shape index (κ2) is 11.9. The minimum absolute atomic E-state index is 0.0735. The minimum Gasteiger partial charge on any atom is -0.457 e. The topological polar surface area (TPSA) is 18.7 Å². The molecular weight excluding hydrogens is 550 g/mol. The number of ether oxygens (including phenoxy) is 1. The molecular formula is C41H48N3O+. The van der Waals surface area contributed by atoms with Crippen LogP contribution in [0.15, 0.2) is 120 Å². The van der Waals surface area contributed by atoms with Crippen molar-refractivity contribution in [3.63, 3.8) is 0 Å². The predicted octanol–water partition coefficient (Wildman–Crippen LogP) is 9.46. The van der Waals surface area contributed by atoms with E-state index >= 15 is 0 Å². The van der Waals surface area contributed by atoms with E-state index in [-0.39, 0.29) is 10.8 Å². The van der Waals surface area contributed by atoms with Crippen LogP contribution in [-0.2, 0) is 10.8 Å². The predicted molar refractivity (Wildman–Crippen MR) is 190 cm³/mol. The maximum Gasteiger partial charge on any atom is 0.209 e. The van der Waals surface area contributed by atoms with Crippen molar-refractivity contribution < 1.29 is 9.31 Å². The highest BCUT2D eigenvalue weighted by Crippen LogP contribution is 2.47. The summed E-state index contributed by atoms with van der Waals surface area (Å²) in [4.78, 5) is 4.58. The Kier molecular flexibility index (Phi) is 8.11. The second-order valence-electron chi connectivity index (χ2n) is 13.7. The molecule has 0 atom stereocenters. The molecule has 45 heavy (non-hydrogen) atoms. The van der Waals surface area contributed by atoms with Gasteiger partial charge in [-0.05, 0) is 99.2 Å². The molecule has 3 aromatic rings. The molecule has 4 nitrogen and oxygen atoms in total. The summed E-state index contributed by atoms with van der Waals surface area (Å²) in [6.07, 6.45) is 12.3. The molecule has 1 aliphatic carbocycles. The Balaban J connectivity index is 1.41. The van der Waals surface area contributed by atoms with Crippen molar-refractivity contribution >= 4 is 22.8 Å². The number of benzene rings is 3. The fourth-order valence-corrected chi connectivity index (χ4v) is 7.38. The van der Waals surface area contributed by atoms with Crippen LogP contribution in [0.5, 0.6) is 5.75 Å². The molecule has 0 saturated carbocycles. The van der Waals surface area contributed by atoms with Crippen molar-refractivity contribution in [3.05, 3.63) is 131 Å². The Hall–Kier alpha value is -4.31. The van der Waals surface area contributed by atoms with Crippen molar-refractivity contribution in [2.75, 3.05) is 37.5 Å². The molecule has 0 unspecified atom stereocenters. The number of nitrogens with zero attached hydrogens (tertiary/aromatic N) is 3. The quantitative estimate of drug-likeness (QED) is 0.253. The minimum atomic E-state index is -0.0735. The third-order valence-corrected chi connectivity index (χ3v) is 10.2. The number of allylic oxidation sites excluding steroid dienone is 7. The highest BCUT2D eigenvalue weighted by molar-refractivity contribution is 6.03. The summed E-state index contributed by atoms with van der Waals surface area (Å²) in [6, 6.07) is 26.0. The van der Waals surface area contributed by atoms with E-state index in [1.54, 1.807) is 0 Å². The lowest BCUT2D eigenvalue weighted by molar-refractivity contribution is -0.401. The molecule has 0 radical (unpaired) electrons. The van der Waals surface area contributed by atoms with Crippen LogP contribution < -0.4 is 14.5 Å². The number of hydrogen-bond donors (Lipinski definition) is 0. The van der Waals surface area contributed by atoms with Gasteiger partial charge in [0.05, 0.1) is 5.41 Å².